The highest BCUT2D eigenvalue weighted by Crippen LogP contribution is 2.27. The highest BCUT2D eigenvalue weighted by atomic mass is 32.2. The van der Waals surface area contributed by atoms with Crippen LogP contribution in [0, 0.1) is 0 Å². The van der Waals surface area contributed by atoms with Gasteiger partial charge in [-0.15, -0.1) is 0 Å². The van der Waals surface area contributed by atoms with E-state index in [1.165, 1.54) is 9.87 Å². The zero-order chi connectivity index (χ0) is 16.4. The fourth-order valence-corrected chi connectivity index (χ4v) is 4.06. The molecule has 0 aromatic heterocycles. The van der Waals surface area contributed by atoms with Crippen LogP contribution in [0.5, 0.6) is 0 Å². The minimum Gasteiger partial charge on any atom is -0.375 e. The van der Waals surface area contributed by atoms with Crippen molar-refractivity contribution in [3.63, 3.8) is 0 Å². The first-order valence-corrected chi connectivity index (χ1v) is 8.99. The largest absolute Gasteiger partial charge is 0.375 e. The Balaban J connectivity index is 2.05. The van der Waals surface area contributed by atoms with Gasteiger partial charge in [0.05, 0.1) is 18.2 Å². The molecule has 22 heavy (non-hydrogen) atoms. The quantitative estimate of drug-likeness (QED) is 0.830. The Morgan fingerprint density at radius 1 is 1.27 bits per heavy atom. The Bertz CT molecular complexity index is 585. The fourth-order valence-electron chi connectivity index (χ4n) is 2.63. The third-order valence-electron chi connectivity index (χ3n) is 4.05. The summed E-state index contributed by atoms with van der Waals surface area (Å²) in [5, 5.41) is 0. The molecule has 2 rings (SSSR count). The molecule has 5 nitrogen and oxygen atoms in total. The molecular weight excluding hydrogens is 300 g/mol. The molecule has 124 valence electrons. The van der Waals surface area contributed by atoms with E-state index in [-0.39, 0.29) is 6.10 Å². The summed E-state index contributed by atoms with van der Waals surface area (Å²) >= 11 is 0. The maximum Gasteiger partial charge on any atom is 0.282 e. The second-order valence-corrected chi connectivity index (χ2v) is 8.66. The van der Waals surface area contributed by atoms with Gasteiger partial charge < -0.3 is 4.74 Å². The highest BCUT2D eigenvalue weighted by molar-refractivity contribution is 7.86. The number of nitrogens with zero attached hydrogens (tertiary/aromatic N) is 2. The number of ether oxygens (including phenoxy) is 1. The zero-order valence-electron chi connectivity index (χ0n) is 13.8. The molecule has 1 aromatic rings. The van der Waals surface area contributed by atoms with Gasteiger partial charge in [-0.2, -0.15) is 17.0 Å². The van der Waals surface area contributed by atoms with Crippen LogP contribution in [0.4, 0.5) is 0 Å². The first kappa shape index (κ1) is 17.4. The van der Waals surface area contributed by atoms with Crippen molar-refractivity contribution in [1.29, 1.82) is 0 Å². The van der Waals surface area contributed by atoms with Crippen LogP contribution in [0.15, 0.2) is 30.3 Å². The summed E-state index contributed by atoms with van der Waals surface area (Å²) in [5.74, 6) is 0. The second kappa shape index (κ2) is 6.66. The van der Waals surface area contributed by atoms with Gasteiger partial charge in [0.25, 0.3) is 10.2 Å². The van der Waals surface area contributed by atoms with Crippen LogP contribution in [-0.4, -0.2) is 55.9 Å². The van der Waals surface area contributed by atoms with E-state index in [1.54, 1.807) is 18.4 Å². The topological polar surface area (TPSA) is 49.9 Å². The van der Waals surface area contributed by atoms with Crippen molar-refractivity contribution in [3.8, 4) is 0 Å². The van der Waals surface area contributed by atoms with Crippen LogP contribution in [0.1, 0.15) is 25.8 Å². The third kappa shape index (κ3) is 3.87. The van der Waals surface area contributed by atoms with Crippen LogP contribution in [0.2, 0.25) is 0 Å². The van der Waals surface area contributed by atoms with Gasteiger partial charge in [-0.1, -0.05) is 30.3 Å². The molecule has 1 saturated heterocycles. The molecule has 1 aromatic carbocycles. The van der Waals surface area contributed by atoms with Crippen molar-refractivity contribution >= 4 is 10.2 Å². The average molecular weight is 326 g/mol. The van der Waals surface area contributed by atoms with Gasteiger partial charge in [-0.05, 0) is 32.3 Å². The Labute approximate surface area is 134 Å². The maximum atomic E-state index is 12.5. The van der Waals surface area contributed by atoms with E-state index in [1.807, 2.05) is 32.0 Å². The summed E-state index contributed by atoms with van der Waals surface area (Å²) in [5.41, 5.74) is 0.727. The standard InChI is InChI=1S/C16H26N2O3S/c1-16(2)13-21-15(11-10-14-8-6-5-7-9-14)12-18(16)22(19,20)17(3)4/h5-9,15H,10-13H2,1-4H3. The van der Waals surface area contributed by atoms with Crippen LogP contribution >= 0.6 is 0 Å². The van der Waals surface area contributed by atoms with Crippen molar-refractivity contribution in [1.82, 2.24) is 8.61 Å². The van der Waals surface area contributed by atoms with E-state index < -0.39 is 15.7 Å². The molecule has 1 aliphatic heterocycles. The number of morpholine rings is 1. The molecule has 1 heterocycles. The molecule has 0 aliphatic carbocycles. The lowest BCUT2D eigenvalue weighted by molar-refractivity contribution is -0.0677. The first-order valence-electron chi connectivity index (χ1n) is 7.59. The van der Waals surface area contributed by atoms with Gasteiger partial charge in [0, 0.05) is 20.6 Å². The van der Waals surface area contributed by atoms with Crippen molar-refractivity contribution in [2.45, 2.75) is 38.3 Å². The first-order chi connectivity index (χ1) is 10.2. The Hall–Kier alpha value is -0.950. The van der Waals surface area contributed by atoms with Crippen LogP contribution < -0.4 is 0 Å². The number of hydrogen-bond donors (Lipinski definition) is 0. The van der Waals surface area contributed by atoms with Crippen LogP contribution in [-0.2, 0) is 21.4 Å². The zero-order valence-corrected chi connectivity index (χ0v) is 14.6. The number of rotatable bonds is 5. The summed E-state index contributed by atoms with van der Waals surface area (Å²) in [7, 11) is -0.298. The minimum absolute atomic E-state index is 0.0667. The van der Waals surface area contributed by atoms with E-state index in [4.69, 9.17) is 4.74 Å². The Morgan fingerprint density at radius 2 is 1.91 bits per heavy atom. The van der Waals surface area contributed by atoms with Crippen molar-refractivity contribution < 1.29 is 13.2 Å². The van der Waals surface area contributed by atoms with Crippen molar-refractivity contribution in [2.24, 2.45) is 0 Å². The van der Waals surface area contributed by atoms with Crippen molar-refractivity contribution in [2.75, 3.05) is 27.2 Å². The molecule has 0 N–H and O–H groups in total. The predicted molar refractivity (Wildman–Crippen MR) is 87.9 cm³/mol. The van der Waals surface area contributed by atoms with E-state index in [9.17, 15) is 8.42 Å². The summed E-state index contributed by atoms with van der Waals surface area (Å²) in [6.07, 6.45) is 1.64. The smallest absolute Gasteiger partial charge is 0.282 e. The van der Waals surface area contributed by atoms with Gasteiger partial charge in [-0.3, -0.25) is 0 Å². The van der Waals surface area contributed by atoms with Gasteiger partial charge in [0.1, 0.15) is 0 Å². The van der Waals surface area contributed by atoms with E-state index >= 15 is 0 Å². The second-order valence-electron chi connectivity index (χ2n) is 6.59. The average Bonchev–Trinajstić information content (AvgIpc) is 2.46. The number of benzene rings is 1. The minimum atomic E-state index is -3.44. The van der Waals surface area contributed by atoms with E-state index in [0.717, 1.165) is 12.8 Å². The number of aryl methyl sites for hydroxylation is 1. The molecule has 0 radical (unpaired) electrons. The van der Waals surface area contributed by atoms with Gasteiger partial charge in [0.15, 0.2) is 0 Å². The molecular formula is C16H26N2O3S. The molecule has 0 bridgehead atoms. The Kier molecular flexibility index (Phi) is 5.27. The molecule has 1 unspecified atom stereocenters. The summed E-state index contributed by atoms with van der Waals surface area (Å²) < 4.78 is 33.8. The highest BCUT2D eigenvalue weighted by Gasteiger charge is 2.42. The van der Waals surface area contributed by atoms with E-state index in [0.29, 0.717) is 13.2 Å². The van der Waals surface area contributed by atoms with Gasteiger partial charge in [-0.25, -0.2) is 0 Å². The van der Waals surface area contributed by atoms with Gasteiger partial charge >= 0.3 is 0 Å². The lowest BCUT2D eigenvalue weighted by atomic mass is 10.0. The molecule has 0 amide bonds. The predicted octanol–water partition coefficient (Wildman–Crippen LogP) is 1.90. The normalized spacial score (nSPS) is 22.9. The number of hydrogen-bond acceptors (Lipinski definition) is 3. The summed E-state index contributed by atoms with van der Waals surface area (Å²) in [4.78, 5) is 0. The van der Waals surface area contributed by atoms with Crippen molar-refractivity contribution in [3.05, 3.63) is 35.9 Å². The molecule has 6 heteroatoms. The molecule has 0 saturated carbocycles. The van der Waals surface area contributed by atoms with Gasteiger partial charge in [0.2, 0.25) is 0 Å². The fraction of sp³-hybridized carbons (Fsp3) is 0.625. The van der Waals surface area contributed by atoms with Crippen LogP contribution in [0.3, 0.4) is 0 Å². The van der Waals surface area contributed by atoms with E-state index in [2.05, 4.69) is 12.1 Å². The molecule has 1 atom stereocenters. The summed E-state index contributed by atoms with van der Waals surface area (Å²) in [6.45, 7) is 4.63. The molecule has 1 aliphatic rings. The third-order valence-corrected chi connectivity index (χ3v) is 6.18. The monoisotopic (exact) mass is 326 g/mol. The maximum absolute atomic E-state index is 12.5. The lowest BCUT2D eigenvalue weighted by Crippen LogP contribution is -2.60. The van der Waals surface area contributed by atoms with Crippen LogP contribution in [0.25, 0.3) is 0 Å². The Morgan fingerprint density at radius 3 is 2.50 bits per heavy atom. The summed E-state index contributed by atoms with van der Waals surface area (Å²) in [6, 6.07) is 10.2. The molecule has 0 spiro atoms. The molecule has 1 fully saturated rings. The lowest BCUT2D eigenvalue weighted by Gasteiger charge is -2.45. The SMILES string of the molecule is CN(C)S(=O)(=O)N1CC(CCc2ccccc2)OCC1(C)C.